The summed E-state index contributed by atoms with van der Waals surface area (Å²) in [5.74, 6) is -6.84. The van der Waals surface area contributed by atoms with Gasteiger partial charge in [0.25, 0.3) is 0 Å². The molecule has 0 fully saturated rings. The molecule has 0 heterocycles. The Labute approximate surface area is 197 Å². The van der Waals surface area contributed by atoms with Crippen LogP contribution in [0.4, 0.5) is 0 Å². The number of aromatic hydroxyl groups is 2. The molecule has 0 aliphatic heterocycles. The van der Waals surface area contributed by atoms with E-state index in [4.69, 9.17) is 26.8 Å². The lowest BCUT2D eigenvalue weighted by molar-refractivity contribution is -0.139. The van der Waals surface area contributed by atoms with Gasteiger partial charge in [-0.15, -0.1) is 11.8 Å². The highest BCUT2D eigenvalue weighted by Gasteiger charge is 2.24. The molecule has 11 N–H and O–H groups in total. The van der Waals surface area contributed by atoms with E-state index in [9.17, 15) is 34.2 Å². The SMILES string of the molecule is N[C@@H](CCC(=O)N[C@@H](CSc1cc(C[C@H](N)C(=O)O)cc(O)c1O)C(=O)NCC(=O)O)C(=O)O. The summed E-state index contributed by atoms with van der Waals surface area (Å²) in [7, 11) is 0. The number of rotatable bonds is 14. The highest BCUT2D eigenvalue weighted by molar-refractivity contribution is 7.99. The van der Waals surface area contributed by atoms with Crippen molar-refractivity contribution in [1.29, 1.82) is 0 Å². The van der Waals surface area contributed by atoms with Gasteiger partial charge in [0.2, 0.25) is 11.8 Å². The van der Waals surface area contributed by atoms with Crippen LogP contribution in [0.5, 0.6) is 11.5 Å². The molecule has 34 heavy (non-hydrogen) atoms. The van der Waals surface area contributed by atoms with Crippen molar-refractivity contribution >= 4 is 41.5 Å². The number of hydrogen-bond donors (Lipinski definition) is 9. The molecule has 2 amide bonds. The third kappa shape index (κ3) is 9.51. The molecule has 15 heteroatoms. The molecule has 3 atom stereocenters. The van der Waals surface area contributed by atoms with Gasteiger partial charge in [-0.2, -0.15) is 0 Å². The van der Waals surface area contributed by atoms with Gasteiger partial charge in [0.05, 0.1) is 4.90 Å². The molecule has 0 aliphatic rings. The van der Waals surface area contributed by atoms with Crippen LogP contribution in [0.25, 0.3) is 0 Å². The Hall–Kier alpha value is -3.56. The van der Waals surface area contributed by atoms with E-state index in [1.807, 2.05) is 0 Å². The number of thioether (sulfide) groups is 1. The summed E-state index contributed by atoms with van der Waals surface area (Å²) in [6.07, 6.45) is -0.701. The Kier molecular flexibility index (Phi) is 11.1. The lowest BCUT2D eigenvalue weighted by atomic mass is 10.1. The molecule has 14 nitrogen and oxygen atoms in total. The second-order valence-electron chi connectivity index (χ2n) is 7.14. The third-order valence-corrected chi connectivity index (χ3v) is 5.48. The number of nitrogens with one attached hydrogen (secondary N) is 2. The van der Waals surface area contributed by atoms with Gasteiger partial charge in [-0.1, -0.05) is 0 Å². The van der Waals surface area contributed by atoms with Crippen molar-refractivity contribution in [2.24, 2.45) is 11.5 Å². The van der Waals surface area contributed by atoms with Crippen LogP contribution in [-0.2, 0) is 30.4 Å². The molecule has 188 valence electrons. The molecule has 0 saturated carbocycles. The quantitative estimate of drug-likeness (QED) is 0.0987. The Morgan fingerprint density at radius 1 is 0.971 bits per heavy atom. The Bertz CT molecular complexity index is 942. The number of carboxylic acid groups (broad SMARTS) is 3. The second kappa shape index (κ2) is 13.2. The molecule has 0 aromatic heterocycles. The molecule has 0 spiro atoms. The van der Waals surface area contributed by atoms with E-state index in [0.717, 1.165) is 17.8 Å². The van der Waals surface area contributed by atoms with E-state index in [1.54, 1.807) is 0 Å². The molecule has 0 saturated heterocycles. The Morgan fingerprint density at radius 3 is 2.15 bits per heavy atom. The maximum Gasteiger partial charge on any atom is 0.322 e. The fourth-order valence-corrected chi connectivity index (χ4v) is 3.59. The molecule has 1 aromatic carbocycles. The van der Waals surface area contributed by atoms with Crippen LogP contribution in [0.15, 0.2) is 17.0 Å². The molecule has 0 bridgehead atoms. The number of phenolic OH excluding ortho intramolecular Hbond substituents is 2. The van der Waals surface area contributed by atoms with Crippen molar-refractivity contribution in [3.63, 3.8) is 0 Å². The van der Waals surface area contributed by atoms with E-state index in [1.165, 1.54) is 6.07 Å². The topological polar surface area (TPSA) is 263 Å². The Morgan fingerprint density at radius 2 is 1.59 bits per heavy atom. The third-order valence-electron chi connectivity index (χ3n) is 4.36. The van der Waals surface area contributed by atoms with Crippen molar-refractivity contribution in [2.75, 3.05) is 12.3 Å². The number of nitrogens with two attached hydrogens (primary N) is 2. The minimum Gasteiger partial charge on any atom is -0.504 e. The number of amides is 2. The lowest BCUT2D eigenvalue weighted by Gasteiger charge is -2.19. The number of carbonyl (C=O) groups is 5. The fourth-order valence-electron chi connectivity index (χ4n) is 2.54. The van der Waals surface area contributed by atoms with E-state index in [-0.39, 0.29) is 35.5 Å². The van der Waals surface area contributed by atoms with Crippen LogP contribution < -0.4 is 22.1 Å². The van der Waals surface area contributed by atoms with Crippen molar-refractivity contribution in [3.05, 3.63) is 17.7 Å². The fraction of sp³-hybridized carbons (Fsp3) is 0.421. The summed E-state index contributed by atoms with van der Waals surface area (Å²) in [5, 5.41) is 51.0. The second-order valence-corrected chi connectivity index (χ2v) is 8.20. The molecular formula is C19H26N4O10S. The normalized spacial score (nSPS) is 13.4. The van der Waals surface area contributed by atoms with Crippen molar-refractivity contribution < 1.29 is 49.5 Å². The van der Waals surface area contributed by atoms with Gasteiger partial charge in [0.15, 0.2) is 11.5 Å². The average Bonchev–Trinajstić information content (AvgIpc) is 2.75. The largest absolute Gasteiger partial charge is 0.504 e. The maximum atomic E-state index is 12.4. The predicted molar refractivity (Wildman–Crippen MR) is 117 cm³/mol. The number of carbonyl (C=O) groups excluding carboxylic acids is 2. The van der Waals surface area contributed by atoms with Gasteiger partial charge in [-0.25, -0.2) is 0 Å². The van der Waals surface area contributed by atoms with Crippen LogP contribution in [-0.4, -0.2) is 85.7 Å². The molecule has 1 rings (SSSR count). The first-order chi connectivity index (χ1) is 15.8. The molecule has 0 radical (unpaired) electrons. The maximum absolute atomic E-state index is 12.4. The molecular weight excluding hydrogens is 476 g/mol. The van der Waals surface area contributed by atoms with Gasteiger partial charge in [0.1, 0.15) is 24.7 Å². The van der Waals surface area contributed by atoms with E-state index in [2.05, 4.69) is 10.6 Å². The van der Waals surface area contributed by atoms with Gasteiger partial charge < -0.3 is 47.6 Å². The van der Waals surface area contributed by atoms with Crippen molar-refractivity contribution in [1.82, 2.24) is 10.6 Å². The van der Waals surface area contributed by atoms with Crippen LogP contribution in [0, 0.1) is 0 Å². The summed E-state index contributed by atoms with van der Waals surface area (Å²) >= 11 is 0.813. The first-order valence-corrected chi connectivity index (χ1v) is 10.7. The summed E-state index contributed by atoms with van der Waals surface area (Å²) in [6, 6.07) is -1.38. The van der Waals surface area contributed by atoms with Crippen molar-refractivity contribution in [2.45, 2.75) is 42.3 Å². The lowest BCUT2D eigenvalue weighted by Crippen LogP contribution is -2.49. The van der Waals surface area contributed by atoms with Gasteiger partial charge >= 0.3 is 17.9 Å². The highest BCUT2D eigenvalue weighted by Crippen LogP contribution is 2.37. The molecule has 1 aromatic rings. The van der Waals surface area contributed by atoms with Gasteiger partial charge in [-0.05, 0) is 30.5 Å². The predicted octanol–water partition coefficient (Wildman–Crippen LogP) is -1.98. The number of carboxylic acids is 3. The number of phenols is 2. The first-order valence-electron chi connectivity index (χ1n) is 9.75. The summed E-state index contributed by atoms with van der Waals surface area (Å²) in [5.41, 5.74) is 11.1. The summed E-state index contributed by atoms with van der Waals surface area (Å²) in [4.78, 5) is 57.1. The average molecular weight is 503 g/mol. The number of hydrogen-bond acceptors (Lipinski definition) is 10. The van der Waals surface area contributed by atoms with Crippen LogP contribution in [0.3, 0.4) is 0 Å². The smallest absolute Gasteiger partial charge is 0.322 e. The first kappa shape index (κ1) is 28.5. The minimum absolute atomic E-state index is 0.0470. The van der Waals surface area contributed by atoms with Crippen LogP contribution >= 0.6 is 11.8 Å². The zero-order chi connectivity index (χ0) is 26.0. The molecule has 0 aliphatic carbocycles. The Balaban J connectivity index is 2.98. The van der Waals surface area contributed by atoms with E-state index in [0.29, 0.717) is 0 Å². The van der Waals surface area contributed by atoms with Crippen LogP contribution in [0.2, 0.25) is 0 Å². The van der Waals surface area contributed by atoms with Crippen LogP contribution in [0.1, 0.15) is 18.4 Å². The summed E-state index contributed by atoms with van der Waals surface area (Å²) in [6.45, 7) is -0.728. The molecule has 0 unspecified atom stereocenters. The summed E-state index contributed by atoms with van der Waals surface area (Å²) < 4.78 is 0. The monoisotopic (exact) mass is 502 g/mol. The number of benzene rings is 1. The minimum atomic E-state index is -1.33. The standard InChI is InChI=1S/C19H26N4O10S/c20-9(18(30)31)1-2-14(25)23-11(17(29)22-6-15(26)27)7-34-13-5-8(3-10(21)19(32)33)4-12(24)16(13)28/h4-5,9-11,24,28H,1-3,6-7,20-21H2,(H,22,29)(H,23,25)(H,26,27)(H,30,31)(H,32,33)/t9-,10-,11-/m0/s1. The zero-order valence-corrected chi connectivity index (χ0v) is 18.6. The van der Waals surface area contributed by atoms with Crippen molar-refractivity contribution in [3.8, 4) is 11.5 Å². The van der Waals surface area contributed by atoms with Gasteiger partial charge in [0, 0.05) is 12.2 Å². The van der Waals surface area contributed by atoms with Gasteiger partial charge in [-0.3, -0.25) is 24.0 Å². The highest BCUT2D eigenvalue weighted by atomic mass is 32.2. The number of aliphatic carboxylic acids is 3. The van der Waals surface area contributed by atoms with E-state index >= 15 is 0 Å². The van der Waals surface area contributed by atoms with E-state index < -0.39 is 65.9 Å². The zero-order valence-electron chi connectivity index (χ0n) is 17.8.